The molecular formula is C21H23N3O4S. The molecule has 152 valence electrons. The van der Waals surface area contributed by atoms with Crippen molar-refractivity contribution in [1.29, 1.82) is 0 Å². The number of ether oxygens (including phenoxy) is 1. The van der Waals surface area contributed by atoms with Crippen molar-refractivity contribution in [1.82, 2.24) is 14.4 Å². The van der Waals surface area contributed by atoms with Crippen molar-refractivity contribution in [2.75, 3.05) is 20.2 Å². The second-order valence-electron chi connectivity index (χ2n) is 7.03. The summed E-state index contributed by atoms with van der Waals surface area (Å²) in [4.78, 5) is 4.73. The van der Waals surface area contributed by atoms with Crippen LogP contribution >= 0.6 is 0 Å². The molecule has 1 saturated heterocycles. The highest BCUT2D eigenvalue weighted by atomic mass is 32.2. The van der Waals surface area contributed by atoms with Crippen LogP contribution in [0, 0.1) is 0 Å². The maximum atomic E-state index is 12.8. The summed E-state index contributed by atoms with van der Waals surface area (Å²) in [7, 11) is -1.82. The molecule has 0 aliphatic carbocycles. The van der Waals surface area contributed by atoms with E-state index in [0.717, 1.165) is 30.6 Å². The van der Waals surface area contributed by atoms with Crippen LogP contribution in [0.15, 0.2) is 57.9 Å². The third-order valence-electron chi connectivity index (χ3n) is 5.02. The molecule has 3 aromatic rings. The molecule has 0 amide bonds. The lowest BCUT2D eigenvalue weighted by atomic mass is 10.1. The average Bonchev–Trinajstić information content (AvgIpc) is 3.23. The van der Waals surface area contributed by atoms with Crippen LogP contribution in [-0.2, 0) is 16.4 Å². The third kappa shape index (κ3) is 4.33. The highest BCUT2D eigenvalue weighted by Crippen LogP contribution is 2.24. The van der Waals surface area contributed by atoms with Gasteiger partial charge in [0.2, 0.25) is 21.7 Å². The summed E-state index contributed by atoms with van der Waals surface area (Å²) in [6, 6.07) is 14.3. The number of rotatable bonds is 6. The van der Waals surface area contributed by atoms with E-state index in [-0.39, 0.29) is 0 Å². The van der Waals surface area contributed by atoms with Crippen molar-refractivity contribution in [3.8, 4) is 17.1 Å². The molecule has 0 N–H and O–H groups in total. The zero-order valence-corrected chi connectivity index (χ0v) is 17.1. The van der Waals surface area contributed by atoms with E-state index in [4.69, 9.17) is 9.26 Å². The molecule has 4 rings (SSSR count). The van der Waals surface area contributed by atoms with E-state index in [1.54, 1.807) is 35.7 Å². The zero-order chi connectivity index (χ0) is 20.3. The van der Waals surface area contributed by atoms with Crippen molar-refractivity contribution in [3.05, 3.63) is 60.0 Å². The van der Waals surface area contributed by atoms with Gasteiger partial charge in [-0.3, -0.25) is 0 Å². The van der Waals surface area contributed by atoms with Gasteiger partial charge in [-0.05, 0) is 54.8 Å². The Morgan fingerprint density at radius 2 is 1.83 bits per heavy atom. The average molecular weight is 413 g/mol. The maximum absolute atomic E-state index is 12.8. The molecule has 1 aliphatic heterocycles. The fourth-order valence-electron chi connectivity index (χ4n) is 3.43. The molecular weight excluding hydrogens is 390 g/mol. The SMILES string of the molecule is COc1cccc(Cc2nc(-c3ccc(S(=O)(=O)N4CCCCC4)cc3)no2)c1. The minimum absolute atomic E-state index is 0.295. The molecule has 1 fully saturated rings. The molecule has 29 heavy (non-hydrogen) atoms. The van der Waals surface area contributed by atoms with Gasteiger partial charge in [0.25, 0.3) is 0 Å². The first-order valence-electron chi connectivity index (χ1n) is 9.62. The first-order chi connectivity index (χ1) is 14.1. The number of nitrogens with zero attached hydrogens (tertiary/aromatic N) is 3. The molecule has 0 spiro atoms. The van der Waals surface area contributed by atoms with E-state index >= 15 is 0 Å². The Bertz CT molecular complexity index is 1070. The topological polar surface area (TPSA) is 85.5 Å². The Labute approximate surface area is 170 Å². The number of methoxy groups -OCH3 is 1. The third-order valence-corrected chi connectivity index (χ3v) is 6.94. The molecule has 0 radical (unpaired) electrons. The zero-order valence-electron chi connectivity index (χ0n) is 16.2. The predicted octanol–water partition coefficient (Wildman–Crippen LogP) is 3.51. The Hall–Kier alpha value is -2.71. The summed E-state index contributed by atoms with van der Waals surface area (Å²) in [6.45, 7) is 1.17. The quantitative estimate of drug-likeness (QED) is 0.615. The van der Waals surface area contributed by atoms with Gasteiger partial charge in [0.15, 0.2) is 0 Å². The van der Waals surface area contributed by atoms with Crippen molar-refractivity contribution in [2.45, 2.75) is 30.6 Å². The summed E-state index contributed by atoms with van der Waals surface area (Å²) >= 11 is 0. The van der Waals surface area contributed by atoms with Crippen molar-refractivity contribution >= 4 is 10.0 Å². The number of hydrogen-bond donors (Lipinski definition) is 0. The van der Waals surface area contributed by atoms with E-state index < -0.39 is 10.0 Å². The number of sulfonamides is 1. The number of hydrogen-bond acceptors (Lipinski definition) is 6. The van der Waals surface area contributed by atoms with Gasteiger partial charge in [-0.2, -0.15) is 9.29 Å². The van der Waals surface area contributed by atoms with Crippen LogP contribution in [0.3, 0.4) is 0 Å². The van der Waals surface area contributed by atoms with Crippen molar-refractivity contribution in [3.63, 3.8) is 0 Å². The van der Waals surface area contributed by atoms with Crippen LogP contribution < -0.4 is 4.74 Å². The van der Waals surface area contributed by atoms with Crippen LogP contribution in [0.1, 0.15) is 30.7 Å². The predicted molar refractivity (Wildman–Crippen MR) is 108 cm³/mol. The fourth-order valence-corrected chi connectivity index (χ4v) is 4.95. The van der Waals surface area contributed by atoms with Crippen LogP contribution in [0.2, 0.25) is 0 Å². The highest BCUT2D eigenvalue weighted by molar-refractivity contribution is 7.89. The molecule has 0 bridgehead atoms. The molecule has 2 heterocycles. The summed E-state index contributed by atoms with van der Waals surface area (Å²) < 4.78 is 37.7. The van der Waals surface area contributed by atoms with Gasteiger partial charge in [-0.15, -0.1) is 0 Å². The van der Waals surface area contributed by atoms with Gasteiger partial charge in [-0.1, -0.05) is 23.7 Å². The van der Waals surface area contributed by atoms with Crippen molar-refractivity contribution < 1.29 is 17.7 Å². The molecule has 0 unspecified atom stereocenters. The number of benzene rings is 2. The van der Waals surface area contributed by atoms with Crippen LogP contribution in [0.25, 0.3) is 11.4 Å². The minimum Gasteiger partial charge on any atom is -0.497 e. The van der Waals surface area contributed by atoms with Gasteiger partial charge in [0, 0.05) is 18.7 Å². The maximum Gasteiger partial charge on any atom is 0.243 e. The summed E-state index contributed by atoms with van der Waals surface area (Å²) in [5.74, 6) is 1.69. The van der Waals surface area contributed by atoms with Crippen molar-refractivity contribution in [2.24, 2.45) is 0 Å². The molecule has 1 aromatic heterocycles. The molecule has 8 heteroatoms. The van der Waals surface area contributed by atoms with Gasteiger partial charge in [0.05, 0.1) is 18.4 Å². The lowest BCUT2D eigenvalue weighted by Gasteiger charge is -2.25. The van der Waals surface area contributed by atoms with Gasteiger partial charge in [-0.25, -0.2) is 8.42 Å². The lowest BCUT2D eigenvalue weighted by molar-refractivity contribution is 0.346. The Morgan fingerprint density at radius 1 is 1.07 bits per heavy atom. The van der Waals surface area contributed by atoms with E-state index in [0.29, 0.717) is 41.7 Å². The molecule has 0 saturated carbocycles. The lowest BCUT2D eigenvalue weighted by Crippen LogP contribution is -2.35. The second-order valence-corrected chi connectivity index (χ2v) is 8.97. The minimum atomic E-state index is -3.45. The first-order valence-corrected chi connectivity index (χ1v) is 11.1. The van der Waals surface area contributed by atoms with Crippen LogP contribution in [0.4, 0.5) is 0 Å². The van der Waals surface area contributed by atoms with Gasteiger partial charge < -0.3 is 9.26 Å². The summed E-state index contributed by atoms with van der Waals surface area (Å²) in [5.41, 5.74) is 1.71. The second kappa shape index (κ2) is 8.34. The molecule has 2 aromatic carbocycles. The summed E-state index contributed by atoms with van der Waals surface area (Å²) in [5, 5.41) is 4.03. The standard InChI is InChI=1S/C21H23N3O4S/c1-27-18-7-5-6-16(14-18)15-20-22-21(23-28-20)17-8-10-19(11-9-17)29(25,26)24-12-3-2-4-13-24/h5-11,14H,2-4,12-13,15H2,1H3. The monoisotopic (exact) mass is 413 g/mol. The van der Waals surface area contributed by atoms with E-state index in [1.165, 1.54) is 0 Å². The largest absolute Gasteiger partial charge is 0.497 e. The van der Waals surface area contributed by atoms with E-state index in [2.05, 4.69) is 10.1 Å². The van der Waals surface area contributed by atoms with Gasteiger partial charge >= 0.3 is 0 Å². The molecule has 0 atom stereocenters. The van der Waals surface area contributed by atoms with Crippen LogP contribution in [-0.4, -0.2) is 43.1 Å². The van der Waals surface area contributed by atoms with E-state index in [9.17, 15) is 8.42 Å². The number of aromatic nitrogens is 2. The molecule has 1 aliphatic rings. The Morgan fingerprint density at radius 3 is 2.55 bits per heavy atom. The number of piperidine rings is 1. The Balaban J connectivity index is 1.49. The molecule has 7 nitrogen and oxygen atoms in total. The smallest absolute Gasteiger partial charge is 0.243 e. The van der Waals surface area contributed by atoms with E-state index in [1.807, 2.05) is 24.3 Å². The van der Waals surface area contributed by atoms with Gasteiger partial charge in [0.1, 0.15) is 5.75 Å². The Kier molecular flexibility index (Phi) is 5.64. The fraction of sp³-hybridized carbons (Fsp3) is 0.333. The first kappa shape index (κ1) is 19.6. The van der Waals surface area contributed by atoms with Crippen LogP contribution in [0.5, 0.6) is 5.75 Å². The normalized spacial score (nSPS) is 15.3. The summed E-state index contributed by atoms with van der Waals surface area (Å²) in [6.07, 6.45) is 3.40. The highest BCUT2D eigenvalue weighted by Gasteiger charge is 2.25.